The molecule has 1 saturated heterocycles. The van der Waals surface area contributed by atoms with Crippen LogP contribution in [0.4, 0.5) is 0 Å². The van der Waals surface area contributed by atoms with E-state index in [1.165, 1.54) is 6.07 Å². The molecule has 0 spiro atoms. The Morgan fingerprint density at radius 3 is 2.81 bits per heavy atom. The van der Waals surface area contributed by atoms with E-state index in [2.05, 4.69) is 4.90 Å². The van der Waals surface area contributed by atoms with E-state index >= 15 is 0 Å². The molecule has 0 aliphatic carbocycles. The van der Waals surface area contributed by atoms with E-state index in [0.29, 0.717) is 17.9 Å². The third-order valence-corrected chi connectivity index (χ3v) is 4.82. The minimum Gasteiger partial charge on any atom is -0.491 e. The molecule has 1 fully saturated rings. The van der Waals surface area contributed by atoms with Crippen molar-refractivity contribution in [2.24, 2.45) is 11.7 Å². The third-order valence-electron chi connectivity index (χ3n) is 4.82. The molecule has 140 valence electrons. The number of nitrogens with zero attached hydrogens (tertiary/aromatic N) is 1. The van der Waals surface area contributed by atoms with Crippen LogP contribution in [0.25, 0.3) is 11.0 Å². The van der Waals surface area contributed by atoms with E-state index in [1.807, 2.05) is 13.0 Å². The Morgan fingerprint density at radius 2 is 2.12 bits per heavy atom. The SMILES string of the molecule is Cc1cc(=O)oc2cc(OCC(O)CN3CCC(C(N)=O)CC3)ccc12. The van der Waals surface area contributed by atoms with Crippen LogP contribution in [0.15, 0.2) is 33.5 Å². The molecule has 26 heavy (non-hydrogen) atoms. The van der Waals surface area contributed by atoms with Crippen molar-refractivity contribution in [2.45, 2.75) is 25.9 Å². The Morgan fingerprint density at radius 1 is 1.38 bits per heavy atom. The largest absolute Gasteiger partial charge is 0.491 e. The molecule has 3 rings (SSSR count). The molecule has 0 radical (unpaired) electrons. The summed E-state index contributed by atoms with van der Waals surface area (Å²) < 4.78 is 10.8. The molecule has 7 nitrogen and oxygen atoms in total. The van der Waals surface area contributed by atoms with E-state index in [0.717, 1.165) is 36.9 Å². The van der Waals surface area contributed by atoms with Crippen LogP contribution in [-0.2, 0) is 4.79 Å². The number of hydrogen-bond donors (Lipinski definition) is 2. The second-order valence-electron chi connectivity index (χ2n) is 6.85. The Labute approximate surface area is 151 Å². The average molecular weight is 360 g/mol. The molecule has 1 aliphatic rings. The van der Waals surface area contributed by atoms with Gasteiger partial charge in [0.1, 0.15) is 24.0 Å². The summed E-state index contributed by atoms with van der Waals surface area (Å²) >= 11 is 0. The molecule has 0 bridgehead atoms. The van der Waals surface area contributed by atoms with Gasteiger partial charge in [0.2, 0.25) is 5.91 Å². The quantitative estimate of drug-likeness (QED) is 0.746. The number of piperidine rings is 1. The zero-order valence-corrected chi connectivity index (χ0v) is 14.8. The van der Waals surface area contributed by atoms with Gasteiger partial charge in [-0.25, -0.2) is 4.79 Å². The molecule has 1 aromatic carbocycles. The van der Waals surface area contributed by atoms with E-state index in [1.54, 1.807) is 12.1 Å². The van der Waals surface area contributed by atoms with Crippen LogP contribution in [0.3, 0.4) is 0 Å². The fraction of sp³-hybridized carbons (Fsp3) is 0.474. The zero-order chi connectivity index (χ0) is 18.7. The van der Waals surface area contributed by atoms with E-state index in [9.17, 15) is 14.7 Å². The topological polar surface area (TPSA) is 106 Å². The van der Waals surface area contributed by atoms with E-state index in [4.69, 9.17) is 14.9 Å². The monoisotopic (exact) mass is 360 g/mol. The molecule has 1 atom stereocenters. The smallest absolute Gasteiger partial charge is 0.336 e. The summed E-state index contributed by atoms with van der Waals surface area (Å²) in [6.45, 7) is 3.95. The van der Waals surface area contributed by atoms with Gasteiger partial charge in [-0.2, -0.15) is 0 Å². The first-order valence-electron chi connectivity index (χ1n) is 8.79. The first-order valence-corrected chi connectivity index (χ1v) is 8.79. The molecule has 1 aliphatic heterocycles. The van der Waals surface area contributed by atoms with Crippen LogP contribution in [0.1, 0.15) is 18.4 Å². The lowest BCUT2D eigenvalue weighted by Gasteiger charge is -2.31. The van der Waals surface area contributed by atoms with Gasteiger partial charge in [-0.3, -0.25) is 4.79 Å². The number of likely N-dealkylation sites (tertiary alicyclic amines) is 1. The highest BCUT2D eigenvalue weighted by atomic mass is 16.5. The van der Waals surface area contributed by atoms with Crippen molar-refractivity contribution >= 4 is 16.9 Å². The first kappa shape index (κ1) is 18.4. The Hall–Kier alpha value is -2.38. The van der Waals surface area contributed by atoms with Gasteiger partial charge in [0, 0.05) is 30.0 Å². The lowest BCUT2D eigenvalue weighted by molar-refractivity contribution is -0.123. The fourth-order valence-corrected chi connectivity index (χ4v) is 3.34. The molecule has 2 heterocycles. The number of carbonyl (C=O) groups is 1. The molecular weight excluding hydrogens is 336 g/mol. The van der Waals surface area contributed by atoms with E-state index < -0.39 is 11.7 Å². The first-order chi connectivity index (χ1) is 12.4. The lowest BCUT2D eigenvalue weighted by Crippen LogP contribution is -2.43. The van der Waals surface area contributed by atoms with Crippen LogP contribution in [-0.4, -0.2) is 48.3 Å². The van der Waals surface area contributed by atoms with Crippen LogP contribution >= 0.6 is 0 Å². The summed E-state index contributed by atoms with van der Waals surface area (Å²) in [5, 5.41) is 11.1. The standard InChI is InChI=1S/C19H24N2O5/c1-12-8-18(23)26-17-9-15(2-3-16(12)17)25-11-14(22)10-21-6-4-13(5-7-21)19(20)24/h2-3,8-9,13-14,22H,4-7,10-11H2,1H3,(H2,20,24). The number of nitrogens with two attached hydrogens (primary N) is 1. The zero-order valence-electron chi connectivity index (χ0n) is 14.8. The number of rotatable bonds is 6. The van der Waals surface area contributed by atoms with Crippen molar-refractivity contribution < 1.29 is 19.1 Å². The van der Waals surface area contributed by atoms with Crippen molar-refractivity contribution in [1.82, 2.24) is 4.90 Å². The highest BCUT2D eigenvalue weighted by molar-refractivity contribution is 5.81. The van der Waals surface area contributed by atoms with Gasteiger partial charge in [-0.1, -0.05) is 0 Å². The third kappa shape index (κ3) is 4.42. The molecule has 1 unspecified atom stereocenters. The Kier molecular flexibility index (Phi) is 5.58. The summed E-state index contributed by atoms with van der Waals surface area (Å²) in [5.41, 5.74) is 6.25. The fourth-order valence-electron chi connectivity index (χ4n) is 3.34. The summed E-state index contributed by atoms with van der Waals surface area (Å²) in [7, 11) is 0. The maximum absolute atomic E-state index is 11.5. The van der Waals surface area contributed by atoms with Gasteiger partial charge >= 0.3 is 5.63 Å². The highest BCUT2D eigenvalue weighted by Crippen LogP contribution is 2.22. The molecule has 7 heteroatoms. The number of carbonyl (C=O) groups excluding carboxylic acids is 1. The van der Waals surface area contributed by atoms with Crippen LogP contribution < -0.4 is 16.1 Å². The number of ether oxygens (including phenoxy) is 1. The number of aryl methyl sites for hydroxylation is 1. The van der Waals surface area contributed by atoms with Gasteiger partial charge in [0.05, 0.1) is 0 Å². The van der Waals surface area contributed by atoms with Crippen LogP contribution in [0.5, 0.6) is 5.75 Å². The van der Waals surface area contributed by atoms with Crippen molar-refractivity contribution in [1.29, 1.82) is 0 Å². The minimum absolute atomic E-state index is 0.0599. The normalized spacial score (nSPS) is 17.3. The number of hydrogen-bond acceptors (Lipinski definition) is 6. The molecule has 1 aromatic heterocycles. The number of β-amino-alcohol motifs (C(OH)–C–C–N with tert-alkyl or cyclic N) is 1. The number of fused-ring (bicyclic) bond motifs is 1. The van der Waals surface area contributed by atoms with Crippen molar-refractivity contribution in [3.8, 4) is 5.75 Å². The predicted octanol–water partition coefficient (Wildman–Crippen LogP) is 1.04. The Balaban J connectivity index is 1.53. The Bertz CT molecular complexity index is 839. The predicted molar refractivity (Wildman–Crippen MR) is 97.1 cm³/mol. The summed E-state index contributed by atoms with van der Waals surface area (Å²) in [4.78, 5) is 24.8. The molecule has 3 N–H and O–H groups in total. The van der Waals surface area contributed by atoms with Crippen LogP contribution in [0.2, 0.25) is 0 Å². The molecule has 0 saturated carbocycles. The lowest BCUT2D eigenvalue weighted by atomic mass is 9.96. The maximum atomic E-state index is 11.5. The molecular formula is C19H24N2O5. The number of primary amides is 1. The van der Waals surface area contributed by atoms with Gasteiger partial charge in [0.25, 0.3) is 0 Å². The van der Waals surface area contributed by atoms with Gasteiger partial charge in [-0.05, 0) is 50.6 Å². The molecule has 1 amide bonds. The average Bonchev–Trinajstić information content (AvgIpc) is 2.60. The van der Waals surface area contributed by atoms with Crippen molar-refractivity contribution in [2.75, 3.05) is 26.2 Å². The van der Waals surface area contributed by atoms with Crippen molar-refractivity contribution in [3.63, 3.8) is 0 Å². The highest BCUT2D eigenvalue weighted by Gasteiger charge is 2.24. The number of amides is 1. The number of aliphatic hydroxyl groups is 1. The summed E-state index contributed by atoms with van der Waals surface area (Å²) in [5.74, 6) is 0.236. The second-order valence-corrected chi connectivity index (χ2v) is 6.85. The van der Waals surface area contributed by atoms with E-state index in [-0.39, 0.29) is 18.4 Å². The van der Waals surface area contributed by atoms with Crippen molar-refractivity contribution in [3.05, 3.63) is 40.2 Å². The maximum Gasteiger partial charge on any atom is 0.336 e. The number of aliphatic hydroxyl groups excluding tert-OH is 1. The second kappa shape index (κ2) is 7.88. The van der Waals surface area contributed by atoms with Gasteiger partial charge in [-0.15, -0.1) is 0 Å². The molecule has 2 aromatic rings. The van der Waals surface area contributed by atoms with Gasteiger partial charge < -0.3 is 24.9 Å². The number of benzene rings is 1. The summed E-state index contributed by atoms with van der Waals surface area (Å²) in [6, 6.07) is 6.74. The van der Waals surface area contributed by atoms with Gasteiger partial charge in [0.15, 0.2) is 0 Å². The van der Waals surface area contributed by atoms with Crippen LogP contribution in [0, 0.1) is 12.8 Å². The summed E-state index contributed by atoms with van der Waals surface area (Å²) in [6.07, 6.45) is 0.804. The minimum atomic E-state index is -0.652.